The van der Waals surface area contributed by atoms with Gasteiger partial charge in [0, 0.05) is 53.8 Å². The molecule has 5 N–H and O–H groups in total. The zero-order chi connectivity index (χ0) is 28.8. The average molecular weight is 571 g/mol. The minimum absolute atomic E-state index is 0.0712. The summed E-state index contributed by atoms with van der Waals surface area (Å²) in [6.07, 6.45) is 2.93. The molecule has 1 aliphatic rings. The lowest BCUT2D eigenvalue weighted by Crippen LogP contribution is -2.42. The normalized spacial score (nSPS) is 19.7. The molecule has 0 aliphatic carbocycles. The van der Waals surface area contributed by atoms with Crippen molar-refractivity contribution in [2.75, 3.05) is 37.4 Å². The molecule has 0 spiro atoms. The molecule has 36 heavy (non-hydrogen) atoms. The average Bonchev–Trinajstić information content (AvgIpc) is 2.91. The molecule has 0 aromatic rings. The lowest BCUT2D eigenvalue weighted by Gasteiger charge is -2.17. The Bertz CT molecular complexity index is 666. The quantitative estimate of drug-likeness (QED) is 0.183. The molecule has 1 saturated heterocycles. The summed E-state index contributed by atoms with van der Waals surface area (Å²) in [4.78, 5) is 42.7. The Labute approximate surface area is 230 Å². The number of nitrogens with two attached hydrogens (primary N) is 2. The lowest BCUT2D eigenvalue weighted by atomic mass is 10.1. The van der Waals surface area contributed by atoms with Crippen LogP contribution >= 0.6 is 36.2 Å². The van der Waals surface area contributed by atoms with Crippen molar-refractivity contribution in [3.8, 4) is 0 Å². The third-order valence-electron chi connectivity index (χ3n) is 4.77. The highest BCUT2D eigenvalue weighted by Gasteiger charge is 2.24. The monoisotopic (exact) mass is 570 g/mol. The van der Waals surface area contributed by atoms with Crippen LogP contribution in [0.25, 0.3) is 0 Å². The Morgan fingerprint density at radius 3 is 2.28 bits per heavy atom. The first-order chi connectivity index (χ1) is 16.7. The van der Waals surface area contributed by atoms with E-state index in [2.05, 4.69) is 26.5 Å². The van der Waals surface area contributed by atoms with Crippen LogP contribution in [0.5, 0.6) is 0 Å². The molecule has 0 aromatic carbocycles. The van der Waals surface area contributed by atoms with E-state index in [1.54, 1.807) is 42.3 Å². The van der Waals surface area contributed by atoms with Gasteiger partial charge < -0.3 is 21.5 Å². The first-order valence-corrected chi connectivity index (χ1v) is 14.4. The van der Waals surface area contributed by atoms with E-state index in [0.29, 0.717) is 29.2 Å². The summed E-state index contributed by atoms with van der Waals surface area (Å²) in [5.74, 6) is 1.59. The number of nitrogens with zero attached hydrogens (tertiary/aromatic N) is 2. The van der Waals surface area contributed by atoms with Crippen LogP contribution in [-0.2, 0) is 14.4 Å². The first kappa shape index (κ1) is 39.2. The number of carboxylic acids is 1. The number of carbonyl (C=O) groups is 3. The summed E-state index contributed by atoms with van der Waals surface area (Å²) in [5, 5.41) is 18.6. The smallest absolute Gasteiger partial charge is 0.307 e. The predicted molar refractivity (Wildman–Crippen MR) is 155 cm³/mol. The first-order valence-electron chi connectivity index (χ1n) is 11.7. The van der Waals surface area contributed by atoms with E-state index in [0.717, 1.165) is 24.3 Å². The molecule has 1 aliphatic heterocycles. The van der Waals surface area contributed by atoms with Gasteiger partial charge in [0.25, 0.3) is 0 Å². The second kappa shape index (κ2) is 24.1. The van der Waals surface area contributed by atoms with E-state index in [1.165, 1.54) is 6.08 Å². The van der Waals surface area contributed by atoms with E-state index in [1.807, 2.05) is 20.9 Å². The molecule has 13 heteroatoms. The number of nitro groups is 1. The van der Waals surface area contributed by atoms with Crippen LogP contribution in [0.3, 0.4) is 0 Å². The lowest BCUT2D eigenvalue weighted by molar-refractivity contribution is -0.402. The van der Waals surface area contributed by atoms with Crippen molar-refractivity contribution in [2.24, 2.45) is 23.3 Å². The second-order valence-corrected chi connectivity index (χ2v) is 11.6. The highest BCUT2D eigenvalue weighted by atomic mass is 32.2. The van der Waals surface area contributed by atoms with Crippen LogP contribution in [0.4, 0.5) is 0 Å². The number of amides is 1. The molecule has 212 valence electrons. The molecule has 0 radical (unpaired) electrons. The van der Waals surface area contributed by atoms with Gasteiger partial charge >= 0.3 is 5.97 Å². The van der Waals surface area contributed by atoms with Gasteiger partial charge in [-0.1, -0.05) is 27.7 Å². The molecular weight excluding hydrogens is 524 g/mol. The van der Waals surface area contributed by atoms with Crippen LogP contribution in [0.15, 0.2) is 12.3 Å². The van der Waals surface area contributed by atoms with Crippen LogP contribution in [-0.4, -0.2) is 86.5 Å². The maximum absolute atomic E-state index is 11.3. The number of rotatable bonds is 9. The number of carbonyl (C=O) groups excluding carboxylic acids is 2. The van der Waals surface area contributed by atoms with E-state index in [-0.39, 0.29) is 29.6 Å². The van der Waals surface area contributed by atoms with Crippen molar-refractivity contribution in [1.82, 2.24) is 4.90 Å². The van der Waals surface area contributed by atoms with E-state index >= 15 is 0 Å². The van der Waals surface area contributed by atoms with E-state index < -0.39 is 10.9 Å². The summed E-state index contributed by atoms with van der Waals surface area (Å²) in [5.41, 5.74) is 11.0. The summed E-state index contributed by atoms with van der Waals surface area (Å²) >= 11 is 7.39. The summed E-state index contributed by atoms with van der Waals surface area (Å²) < 4.78 is 0. The SMILES string of the molecule is C/C=C/[N+](=O)[O-].CC(=O)C(C)CSC(C)CN.CC1CN(C)C(=O)C(N)CS1.CCC(CS)C(=O)O. The fourth-order valence-electron chi connectivity index (χ4n) is 2.15. The third kappa shape index (κ3) is 23.1. The van der Waals surface area contributed by atoms with Crippen molar-refractivity contribution in [3.63, 3.8) is 0 Å². The fraction of sp³-hybridized carbons (Fsp3) is 0.783. The minimum atomic E-state index is -0.748. The number of hydrogen-bond donors (Lipinski definition) is 4. The van der Waals surface area contributed by atoms with E-state index in [4.69, 9.17) is 16.6 Å². The molecule has 5 atom stereocenters. The van der Waals surface area contributed by atoms with Crippen molar-refractivity contribution < 1.29 is 24.4 Å². The second-order valence-electron chi connectivity index (χ2n) is 8.25. The number of ketones is 1. The molecule has 0 saturated carbocycles. The van der Waals surface area contributed by atoms with Gasteiger partial charge in [-0.3, -0.25) is 24.5 Å². The number of allylic oxidation sites excluding steroid dienone is 1. The number of aliphatic carboxylic acids is 1. The molecule has 1 heterocycles. The van der Waals surface area contributed by atoms with Crippen molar-refractivity contribution in [1.29, 1.82) is 0 Å². The van der Waals surface area contributed by atoms with Crippen LogP contribution < -0.4 is 11.5 Å². The Balaban J connectivity index is -0.000000415. The van der Waals surface area contributed by atoms with Crippen molar-refractivity contribution in [2.45, 2.75) is 64.5 Å². The highest BCUT2D eigenvalue weighted by Crippen LogP contribution is 2.17. The number of likely N-dealkylation sites (N-methyl/N-ethyl adjacent to an activating group) is 1. The Morgan fingerprint density at radius 2 is 1.97 bits per heavy atom. The molecule has 1 amide bonds. The van der Waals surface area contributed by atoms with Gasteiger partial charge in [-0.2, -0.15) is 36.2 Å². The van der Waals surface area contributed by atoms with Crippen molar-refractivity contribution >= 4 is 53.8 Å². The Morgan fingerprint density at radius 1 is 1.42 bits per heavy atom. The van der Waals surface area contributed by atoms with Crippen LogP contribution in [0.1, 0.15) is 48.0 Å². The topological polar surface area (TPSA) is 170 Å². The number of thioether (sulfide) groups is 2. The van der Waals surface area contributed by atoms with Gasteiger partial charge in [-0.15, -0.1) is 0 Å². The molecule has 1 fully saturated rings. The maximum atomic E-state index is 11.3. The number of carboxylic acid groups (broad SMARTS) is 1. The summed E-state index contributed by atoms with van der Waals surface area (Å²) in [6.45, 7) is 12.7. The summed E-state index contributed by atoms with van der Waals surface area (Å²) in [6, 6.07) is -0.296. The minimum Gasteiger partial charge on any atom is -0.481 e. The molecule has 0 aromatic heterocycles. The number of Topliss-reactive ketones (excluding diaryl/α,β-unsaturated/α-hetero) is 1. The van der Waals surface area contributed by atoms with Gasteiger partial charge in [0.2, 0.25) is 12.1 Å². The molecule has 5 unspecified atom stereocenters. The number of thiol groups is 1. The highest BCUT2D eigenvalue weighted by molar-refractivity contribution is 8.00. The Kier molecular flexibility index (Phi) is 26.2. The maximum Gasteiger partial charge on any atom is 0.307 e. The van der Waals surface area contributed by atoms with Gasteiger partial charge in [0.15, 0.2) is 0 Å². The standard InChI is InChI=1S/C8H17NOS.C7H14N2OS.C5H10O2S.C3H5NO2/c1-6(8(3)10)5-11-7(2)4-9;1-5-3-9(2)7(10)6(8)4-11-5;1-2-4(3-8)5(6)7;1-2-3-4(5)6/h6-7H,4-5,9H2,1-3H3;5-6H,3-4,8H2,1-2H3;4,8H,2-3H2,1H3,(H,6,7);2-3H,1H3/b;;;3-2+. The predicted octanol–water partition coefficient (Wildman–Crippen LogP) is 3.02. The van der Waals surface area contributed by atoms with E-state index in [9.17, 15) is 24.5 Å². The Hall–Kier alpha value is -1.28. The largest absolute Gasteiger partial charge is 0.481 e. The summed E-state index contributed by atoms with van der Waals surface area (Å²) in [7, 11) is 1.81. The number of hydrogen-bond acceptors (Lipinski definition) is 10. The molecule has 1 rings (SSSR count). The third-order valence-corrected chi connectivity index (χ3v) is 7.94. The molecular formula is C23H46N4O6S3. The molecule has 0 bridgehead atoms. The van der Waals surface area contributed by atoms with Gasteiger partial charge in [-0.05, 0) is 26.3 Å². The zero-order valence-electron chi connectivity index (χ0n) is 22.6. The van der Waals surface area contributed by atoms with Crippen LogP contribution in [0, 0.1) is 22.0 Å². The van der Waals surface area contributed by atoms with Gasteiger partial charge in [0.1, 0.15) is 5.78 Å². The zero-order valence-corrected chi connectivity index (χ0v) is 25.1. The van der Waals surface area contributed by atoms with Gasteiger partial charge in [-0.25, -0.2) is 0 Å². The van der Waals surface area contributed by atoms with Crippen LogP contribution in [0.2, 0.25) is 0 Å². The molecule has 10 nitrogen and oxygen atoms in total. The fourth-order valence-corrected chi connectivity index (χ4v) is 4.56. The van der Waals surface area contributed by atoms with Crippen molar-refractivity contribution in [3.05, 3.63) is 22.4 Å². The van der Waals surface area contributed by atoms with Gasteiger partial charge in [0.05, 0.1) is 16.9 Å².